The minimum absolute atomic E-state index is 0.466. The SMILES string of the molecule is COCCC(C)C1(CNC(C)C)CCC(C(C)(C)C)CC1. The first kappa shape index (κ1) is 19.0. The highest BCUT2D eigenvalue weighted by Crippen LogP contribution is 2.49. The fourth-order valence-corrected chi connectivity index (χ4v) is 3.91. The summed E-state index contributed by atoms with van der Waals surface area (Å²) in [5.74, 6) is 1.63. The van der Waals surface area contributed by atoms with Gasteiger partial charge in [-0.15, -0.1) is 0 Å². The second-order valence-corrected chi connectivity index (χ2v) is 8.72. The van der Waals surface area contributed by atoms with Crippen molar-refractivity contribution >= 4 is 0 Å². The van der Waals surface area contributed by atoms with Crippen LogP contribution in [0.2, 0.25) is 0 Å². The molecule has 1 N–H and O–H groups in total. The van der Waals surface area contributed by atoms with Crippen LogP contribution in [0.4, 0.5) is 0 Å². The van der Waals surface area contributed by atoms with Gasteiger partial charge in [0.15, 0.2) is 0 Å². The molecule has 0 aromatic heterocycles. The van der Waals surface area contributed by atoms with Gasteiger partial charge in [-0.25, -0.2) is 0 Å². The van der Waals surface area contributed by atoms with E-state index >= 15 is 0 Å². The molecule has 0 amide bonds. The molecule has 1 aliphatic carbocycles. The first-order valence-corrected chi connectivity index (χ1v) is 8.93. The zero-order valence-electron chi connectivity index (χ0n) is 15.6. The molecule has 0 spiro atoms. The summed E-state index contributed by atoms with van der Waals surface area (Å²) in [7, 11) is 1.82. The highest BCUT2D eigenvalue weighted by Gasteiger charge is 2.41. The molecule has 1 saturated carbocycles. The fraction of sp³-hybridized carbons (Fsp3) is 1.00. The zero-order chi connectivity index (χ0) is 16.1. The number of ether oxygens (including phenoxy) is 1. The molecule has 126 valence electrons. The van der Waals surface area contributed by atoms with Crippen molar-refractivity contribution in [1.29, 1.82) is 0 Å². The lowest BCUT2D eigenvalue weighted by molar-refractivity contribution is 0.0298. The summed E-state index contributed by atoms with van der Waals surface area (Å²) in [5, 5.41) is 3.73. The third kappa shape index (κ3) is 5.56. The van der Waals surface area contributed by atoms with E-state index < -0.39 is 0 Å². The van der Waals surface area contributed by atoms with Crippen molar-refractivity contribution in [3.63, 3.8) is 0 Å². The minimum Gasteiger partial charge on any atom is -0.385 e. The summed E-state index contributed by atoms with van der Waals surface area (Å²) in [6.45, 7) is 16.3. The van der Waals surface area contributed by atoms with E-state index in [0.29, 0.717) is 16.9 Å². The van der Waals surface area contributed by atoms with Crippen molar-refractivity contribution in [2.75, 3.05) is 20.3 Å². The molecular formula is C19H39NO. The second kappa shape index (κ2) is 7.97. The van der Waals surface area contributed by atoms with Crippen LogP contribution in [0.15, 0.2) is 0 Å². The predicted molar refractivity (Wildman–Crippen MR) is 92.6 cm³/mol. The number of nitrogens with one attached hydrogen (secondary N) is 1. The van der Waals surface area contributed by atoms with Crippen molar-refractivity contribution in [2.45, 2.75) is 79.7 Å². The Morgan fingerprint density at radius 3 is 2.14 bits per heavy atom. The lowest BCUT2D eigenvalue weighted by Gasteiger charge is -2.48. The Morgan fingerprint density at radius 1 is 1.14 bits per heavy atom. The van der Waals surface area contributed by atoms with E-state index in [2.05, 4.69) is 46.9 Å². The van der Waals surface area contributed by atoms with Gasteiger partial charge < -0.3 is 10.1 Å². The summed E-state index contributed by atoms with van der Waals surface area (Å²) in [5.41, 5.74) is 0.942. The van der Waals surface area contributed by atoms with Crippen LogP contribution in [-0.2, 0) is 4.74 Å². The number of hydrogen-bond acceptors (Lipinski definition) is 2. The molecule has 21 heavy (non-hydrogen) atoms. The van der Waals surface area contributed by atoms with E-state index in [1.807, 2.05) is 7.11 Å². The Labute approximate surface area is 133 Å². The summed E-state index contributed by atoms with van der Waals surface area (Å²) in [6.07, 6.45) is 6.72. The molecule has 2 nitrogen and oxygen atoms in total. The molecule has 0 saturated heterocycles. The van der Waals surface area contributed by atoms with Gasteiger partial charge in [-0.3, -0.25) is 0 Å². The Hall–Kier alpha value is -0.0800. The average Bonchev–Trinajstić information content (AvgIpc) is 2.41. The zero-order valence-corrected chi connectivity index (χ0v) is 15.6. The van der Waals surface area contributed by atoms with Gasteiger partial charge in [0, 0.05) is 26.3 Å². The Morgan fingerprint density at radius 2 is 1.71 bits per heavy atom. The van der Waals surface area contributed by atoms with E-state index in [4.69, 9.17) is 4.74 Å². The summed E-state index contributed by atoms with van der Waals surface area (Å²) in [4.78, 5) is 0. The maximum Gasteiger partial charge on any atom is 0.0465 e. The van der Waals surface area contributed by atoms with Crippen molar-refractivity contribution < 1.29 is 4.74 Å². The molecule has 0 bridgehead atoms. The molecule has 0 radical (unpaired) electrons. The van der Waals surface area contributed by atoms with E-state index in [1.54, 1.807) is 0 Å². The van der Waals surface area contributed by atoms with Crippen molar-refractivity contribution in [2.24, 2.45) is 22.7 Å². The molecule has 1 unspecified atom stereocenters. The summed E-state index contributed by atoms with van der Waals surface area (Å²) >= 11 is 0. The molecule has 1 rings (SSSR count). The Balaban J connectivity index is 2.71. The normalized spacial score (nSPS) is 28.9. The highest BCUT2D eigenvalue weighted by molar-refractivity contribution is 4.93. The third-order valence-electron chi connectivity index (χ3n) is 5.87. The van der Waals surface area contributed by atoms with Gasteiger partial charge in [-0.2, -0.15) is 0 Å². The van der Waals surface area contributed by atoms with Crippen LogP contribution >= 0.6 is 0 Å². The van der Waals surface area contributed by atoms with E-state index in [-0.39, 0.29) is 0 Å². The van der Waals surface area contributed by atoms with Gasteiger partial charge in [0.25, 0.3) is 0 Å². The maximum absolute atomic E-state index is 5.33. The van der Waals surface area contributed by atoms with Crippen LogP contribution in [0.3, 0.4) is 0 Å². The van der Waals surface area contributed by atoms with Gasteiger partial charge in [0.05, 0.1) is 0 Å². The maximum atomic E-state index is 5.33. The van der Waals surface area contributed by atoms with E-state index in [0.717, 1.165) is 18.4 Å². The molecule has 0 heterocycles. The second-order valence-electron chi connectivity index (χ2n) is 8.72. The quantitative estimate of drug-likeness (QED) is 0.723. The van der Waals surface area contributed by atoms with Crippen molar-refractivity contribution in [3.8, 4) is 0 Å². The lowest BCUT2D eigenvalue weighted by atomic mass is 9.59. The van der Waals surface area contributed by atoms with Crippen molar-refractivity contribution in [1.82, 2.24) is 5.32 Å². The standard InChI is InChI=1S/C19H39NO/c1-15(2)20-14-19(16(3)10-13-21-7)11-8-17(9-12-19)18(4,5)6/h15-17,20H,8-14H2,1-7H3. The Kier molecular flexibility index (Phi) is 7.19. The van der Waals surface area contributed by atoms with Crippen LogP contribution in [0.25, 0.3) is 0 Å². The molecule has 1 atom stereocenters. The van der Waals surface area contributed by atoms with E-state index in [9.17, 15) is 0 Å². The van der Waals surface area contributed by atoms with Gasteiger partial charge in [0.2, 0.25) is 0 Å². The summed E-state index contributed by atoms with van der Waals surface area (Å²) in [6, 6.07) is 0.580. The summed E-state index contributed by atoms with van der Waals surface area (Å²) < 4.78 is 5.33. The van der Waals surface area contributed by atoms with Gasteiger partial charge >= 0.3 is 0 Å². The smallest absolute Gasteiger partial charge is 0.0465 e. The van der Waals surface area contributed by atoms with Crippen LogP contribution in [0.1, 0.15) is 73.6 Å². The van der Waals surface area contributed by atoms with Crippen LogP contribution in [-0.4, -0.2) is 26.3 Å². The van der Waals surface area contributed by atoms with Gasteiger partial charge in [-0.1, -0.05) is 41.5 Å². The third-order valence-corrected chi connectivity index (χ3v) is 5.87. The minimum atomic E-state index is 0.466. The average molecular weight is 298 g/mol. The molecule has 0 aromatic carbocycles. The molecule has 0 aromatic rings. The number of rotatable bonds is 7. The van der Waals surface area contributed by atoms with Crippen LogP contribution < -0.4 is 5.32 Å². The molecule has 1 aliphatic rings. The molecule has 2 heteroatoms. The first-order chi connectivity index (χ1) is 9.71. The predicted octanol–water partition coefficient (Wildman–Crippen LogP) is 4.88. The molecular weight excluding hydrogens is 258 g/mol. The molecule has 0 aliphatic heterocycles. The first-order valence-electron chi connectivity index (χ1n) is 8.93. The van der Waals surface area contributed by atoms with E-state index in [1.165, 1.54) is 38.6 Å². The van der Waals surface area contributed by atoms with Crippen LogP contribution in [0, 0.1) is 22.7 Å². The highest BCUT2D eigenvalue weighted by atomic mass is 16.5. The van der Waals surface area contributed by atoms with Crippen LogP contribution in [0.5, 0.6) is 0 Å². The largest absolute Gasteiger partial charge is 0.385 e. The monoisotopic (exact) mass is 297 g/mol. The van der Waals surface area contributed by atoms with Crippen molar-refractivity contribution in [3.05, 3.63) is 0 Å². The fourth-order valence-electron chi connectivity index (χ4n) is 3.91. The molecule has 1 fully saturated rings. The Bertz CT molecular complexity index is 284. The number of methoxy groups -OCH3 is 1. The van der Waals surface area contributed by atoms with Gasteiger partial charge in [0.1, 0.15) is 0 Å². The topological polar surface area (TPSA) is 21.3 Å². The van der Waals surface area contributed by atoms with Gasteiger partial charge in [-0.05, 0) is 54.8 Å². The number of hydrogen-bond donors (Lipinski definition) is 1. The lowest BCUT2D eigenvalue weighted by Crippen LogP contribution is -2.45.